The third-order valence-corrected chi connectivity index (χ3v) is 7.26. The zero-order chi connectivity index (χ0) is 14.8. The second-order valence-corrected chi connectivity index (χ2v) is 9.29. The fourth-order valence-corrected chi connectivity index (χ4v) is 5.44. The van der Waals surface area contributed by atoms with Gasteiger partial charge in [-0.05, 0) is 34.8 Å². The highest BCUT2D eigenvalue weighted by molar-refractivity contribution is 9.11. The molecule has 0 aromatic carbocycles. The Labute approximate surface area is 132 Å². The van der Waals surface area contributed by atoms with Gasteiger partial charge in [-0.25, -0.2) is 8.42 Å². The molecular weight excluding hydrogens is 364 g/mol. The lowest BCUT2D eigenvalue weighted by molar-refractivity contribution is 0.185. The monoisotopic (exact) mass is 382 g/mol. The van der Waals surface area contributed by atoms with E-state index in [0.29, 0.717) is 27.9 Å². The quantitative estimate of drug-likeness (QED) is 0.747. The van der Waals surface area contributed by atoms with Crippen LogP contribution in [0.3, 0.4) is 0 Å². The van der Waals surface area contributed by atoms with Gasteiger partial charge in [-0.1, -0.05) is 0 Å². The van der Waals surface area contributed by atoms with E-state index in [1.54, 1.807) is 20.2 Å². The third-order valence-electron chi connectivity index (χ3n) is 3.15. The van der Waals surface area contributed by atoms with Crippen LogP contribution in [0, 0.1) is 0 Å². The molecule has 1 heterocycles. The summed E-state index contributed by atoms with van der Waals surface area (Å²) in [5.41, 5.74) is 0. The summed E-state index contributed by atoms with van der Waals surface area (Å²) in [5, 5.41) is 3.39. The maximum atomic E-state index is 12.4. The van der Waals surface area contributed by atoms with Gasteiger partial charge in [0.25, 0.3) is 0 Å². The number of likely N-dealkylation sites (N-methyl/N-ethyl adjacent to an activating group) is 1. The first-order chi connectivity index (χ1) is 9.45. The Kier molecular flexibility index (Phi) is 5.61. The average Bonchev–Trinajstić information content (AvgIpc) is 3.15. The van der Waals surface area contributed by atoms with Gasteiger partial charge in [0.15, 0.2) is 0 Å². The van der Waals surface area contributed by atoms with Crippen molar-refractivity contribution < 1.29 is 13.2 Å². The molecule has 1 N–H and O–H groups in total. The summed E-state index contributed by atoms with van der Waals surface area (Å²) in [4.78, 5) is 1.37. The Hall–Kier alpha value is 0.01000. The van der Waals surface area contributed by atoms with Gasteiger partial charge in [0.1, 0.15) is 4.90 Å². The first-order valence-corrected chi connectivity index (χ1v) is 9.47. The zero-order valence-corrected chi connectivity index (χ0v) is 14.8. The van der Waals surface area contributed by atoms with Crippen LogP contribution in [-0.2, 0) is 21.3 Å². The number of nitrogens with zero attached hydrogens (tertiary/aromatic N) is 1. The fourth-order valence-electron chi connectivity index (χ4n) is 1.70. The molecule has 1 aliphatic rings. The molecule has 0 atom stereocenters. The van der Waals surface area contributed by atoms with Crippen LogP contribution in [0.4, 0.5) is 0 Å². The molecule has 0 amide bonds. The van der Waals surface area contributed by atoms with E-state index in [2.05, 4.69) is 21.2 Å². The lowest BCUT2D eigenvalue weighted by atomic mass is 10.4. The van der Waals surface area contributed by atoms with Crippen molar-refractivity contribution in [1.29, 1.82) is 0 Å². The summed E-state index contributed by atoms with van der Waals surface area (Å²) in [5.74, 6) is 0. The van der Waals surface area contributed by atoms with Gasteiger partial charge in [0.05, 0.1) is 10.4 Å². The number of thiophene rings is 1. The normalized spacial score (nSPS) is 16.0. The molecule has 20 heavy (non-hydrogen) atoms. The number of nitrogens with one attached hydrogen (secondary N) is 1. The number of sulfonamides is 1. The Morgan fingerprint density at radius 1 is 1.55 bits per heavy atom. The minimum Gasteiger partial charge on any atom is -0.383 e. The molecule has 0 radical (unpaired) electrons. The van der Waals surface area contributed by atoms with Crippen LogP contribution in [0.25, 0.3) is 0 Å². The van der Waals surface area contributed by atoms with E-state index in [4.69, 9.17) is 4.74 Å². The van der Waals surface area contributed by atoms with Crippen LogP contribution < -0.4 is 5.32 Å². The zero-order valence-electron chi connectivity index (χ0n) is 11.6. The summed E-state index contributed by atoms with van der Waals surface area (Å²) in [7, 11) is -0.327. The summed E-state index contributed by atoms with van der Waals surface area (Å²) < 4.78 is 31.8. The van der Waals surface area contributed by atoms with Crippen LogP contribution in [0.2, 0.25) is 0 Å². The number of hydrogen-bond acceptors (Lipinski definition) is 5. The van der Waals surface area contributed by atoms with Gasteiger partial charge >= 0.3 is 0 Å². The first-order valence-electron chi connectivity index (χ1n) is 6.42. The minimum atomic E-state index is -3.45. The summed E-state index contributed by atoms with van der Waals surface area (Å²) in [6.07, 6.45) is 2.44. The van der Waals surface area contributed by atoms with Crippen molar-refractivity contribution in [3.8, 4) is 0 Å². The van der Waals surface area contributed by atoms with E-state index >= 15 is 0 Å². The highest BCUT2D eigenvalue weighted by Crippen LogP contribution is 2.33. The van der Waals surface area contributed by atoms with Crippen molar-refractivity contribution in [3.63, 3.8) is 0 Å². The van der Waals surface area contributed by atoms with Crippen LogP contribution in [0.5, 0.6) is 0 Å². The molecule has 1 aromatic heterocycles. The highest BCUT2D eigenvalue weighted by Gasteiger charge is 2.26. The smallest absolute Gasteiger partial charge is 0.244 e. The van der Waals surface area contributed by atoms with E-state index in [-0.39, 0.29) is 0 Å². The van der Waals surface area contributed by atoms with Crippen LogP contribution in [-0.4, -0.2) is 46.1 Å². The van der Waals surface area contributed by atoms with E-state index in [1.165, 1.54) is 28.5 Å². The van der Waals surface area contributed by atoms with Crippen LogP contribution >= 0.6 is 27.3 Å². The Morgan fingerprint density at radius 3 is 2.85 bits per heavy atom. The predicted octanol–water partition coefficient (Wildman–Crippen LogP) is 2.03. The average molecular weight is 383 g/mol. The molecule has 1 saturated carbocycles. The number of halogens is 1. The van der Waals surface area contributed by atoms with Gasteiger partial charge in [-0.15, -0.1) is 11.3 Å². The Morgan fingerprint density at radius 2 is 2.25 bits per heavy atom. The maximum absolute atomic E-state index is 12.4. The van der Waals surface area contributed by atoms with Crippen molar-refractivity contribution in [2.24, 2.45) is 0 Å². The lowest BCUT2D eigenvalue weighted by Gasteiger charge is -2.15. The first kappa shape index (κ1) is 16.4. The molecule has 8 heteroatoms. The molecule has 0 spiro atoms. The molecular formula is C12H19BrN2O3S2. The number of ether oxygens (including phenoxy) is 1. The summed E-state index contributed by atoms with van der Waals surface area (Å²) >= 11 is 4.84. The number of hydrogen-bond donors (Lipinski definition) is 1. The molecule has 1 fully saturated rings. The van der Waals surface area contributed by atoms with Crippen molar-refractivity contribution >= 4 is 37.3 Å². The molecule has 114 valence electrons. The predicted molar refractivity (Wildman–Crippen MR) is 83.6 cm³/mol. The second-order valence-electron chi connectivity index (χ2n) is 4.83. The minimum absolute atomic E-state index is 0.341. The fraction of sp³-hybridized carbons (Fsp3) is 0.667. The Balaban J connectivity index is 2.09. The van der Waals surface area contributed by atoms with Crippen molar-refractivity contribution in [3.05, 3.63) is 14.7 Å². The number of rotatable bonds is 8. The summed E-state index contributed by atoms with van der Waals surface area (Å²) in [6, 6.07) is 2.36. The van der Waals surface area contributed by atoms with Gasteiger partial charge < -0.3 is 10.1 Å². The van der Waals surface area contributed by atoms with Crippen LogP contribution in [0.15, 0.2) is 14.7 Å². The van der Waals surface area contributed by atoms with Gasteiger partial charge in [-0.2, -0.15) is 4.31 Å². The molecule has 0 bridgehead atoms. The van der Waals surface area contributed by atoms with E-state index in [1.807, 2.05) is 0 Å². The van der Waals surface area contributed by atoms with E-state index < -0.39 is 10.0 Å². The van der Waals surface area contributed by atoms with E-state index in [0.717, 1.165) is 11.4 Å². The molecule has 0 saturated heterocycles. The van der Waals surface area contributed by atoms with Gasteiger partial charge in [-0.3, -0.25) is 0 Å². The lowest BCUT2D eigenvalue weighted by Crippen LogP contribution is -2.30. The molecule has 0 unspecified atom stereocenters. The topological polar surface area (TPSA) is 58.6 Å². The maximum Gasteiger partial charge on any atom is 0.244 e. The molecule has 5 nitrogen and oxygen atoms in total. The third kappa shape index (κ3) is 4.02. The highest BCUT2D eigenvalue weighted by atomic mass is 79.9. The van der Waals surface area contributed by atoms with Crippen molar-refractivity contribution in [1.82, 2.24) is 9.62 Å². The molecule has 2 rings (SSSR count). The summed E-state index contributed by atoms with van der Waals surface area (Å²) in [6.45, 7) is 1.45. The number of methoxy groups -OCH3 is 1. The van der Waals surface area contributed by atoms with Crippen molar-refractivity contribution in [2.75, 3.05) is 27.3 Å². The van der Waals surface area contributed by atoms with Crippen molar-refractivity contribution in [2.45, 2.75) is 30.3 Å². The standard InChI is InChI=1S/C12H19BrN2O3S2/c1-15(5-6-18-2)20(16,17)11-7-10(19-12(11)13)8-14-9-3-4-9/h7,9,14H,3-6,8H2,1-2H3. The molecule has 0 aliphatic heterocycles. The Bertz CT molecular complexity index is 555. The van der Waals surface area contributed by atoms with Gasteiger partial charge in [0, 0.05) is 38.2 Å². The van der Waals surface area contributed by atoms with Gasteiger partial charge in [0.2, 0.25) is 10.0 Å². The SMILES string of the molecule is COCCN(C)S(=O)(=O)c1cc(CNC2CC2)sc1Br. The van der Waals surface area contributed by atoms with E-state index in [9.17, 15) is 8.42 Å². The van der Waals surface area contributed by atoms with Crippen LogP contribution in [0.1, 0.15) is 17.7 Å². The largest absolute Gasteiger partial charge is 0.383 e. The molecule has 1 aliphatic carbocycles. The second kappa shape index (κ2) is 6.85. The molecule has 1 aromatic rings.